The average molecular weight is 647 g/mol. The zero-order chi connectivity index (χ0) is 34.6. The summed E-state index contributed by atoms with van der Waals surface area (Å²) in [5, 5.41) is 43.9. The van der Waals surface area contributed by atoms with Crippen molar-refractivity contribution in [2.45, 2.75) is 116 Å². The number of fused-ring (bicyclic) bond motifs is 5. The van der Waals surface area contributed by atoms with Crippen molar-refractivity contribution in [1.29, 1.82) is 0 Å². The first-order chi connectivity index (χ1) is 21.3. The second kappa shape index (κ2) is 12.5. The van der Waals surface area contributed by atoms with E-state index in [0.717, 1.165) is 6.92 Å². The van der Waals surface area contributed by atoms with Gasteiger partial charge in [0.25, 0.3) is 0 Å². The first-order valence-corrected chi connectivity index (χ1v) is 15.5. The van der Waals surface area contributed by atoms with Gasteiger partial charge in [0.15, 0.2) is 17.5 Å². The first kappa shape index (κ1) is 35.7. The van der Waals surface area contributed by atoms with Gasteiger partial charge < -0.3 is 39.4 Å². The van der Waals surface area contributed by atoms with Crippen molar-refractivity contribution in [3.8, 4) is 0 Å². The number of carbonyl (C=O) groups excluding carboxylic acids is 4. The van der Waals surface area contributed by atoms with E-state index in [2.05, 4.69) is 0 Å². The SMILES string of the molecule is CC(=O)O[C@H]1C(=O)[C@@]2(C)[C@H]([C@H](OC(=O)c3ccccc3)[C@]3(O)C[C@H](O)C(C)=C1C3(C)C)[C@]1(OC(C)=O)CO[C@@H]1C[C@@H]2O.CC(C)O. The van der Waals surface area contributed by atoms with Gasteiger partial charge in [-0.05, 0) is 51.0 Å². The third-order valence-electron chi connectivity index (χ3n) is 10.2. The molecule has 254 valence electrons. The minimum Gasteiger partial charge on any atom is -0.455 e. The highest BCUT2D eigenvalue weighted by atomic mass is 16.6. The standard InChI is InChI=1S/C31H38O11.C3H8O/c1-15-19(34)13-31(38)26(41-27(37)18-10-8-7-9-11-18)24-29(6,20(35)12-21-30(24,14-39-21)42-17(3)33)25(36)23(40-16(2)32)22(15)28(31,4)5;1-3(2)4/h7-11,19-21,23-24,26,34-35,38H,12-14H2,1-6H3;3-4H,1-2H3/t19-,20-,21+,23+,24-,26-,29+,30-,31+;/m0./s1. The maximum atomic E-state index is 14.8. The lowest BCUT2D eigenvalue weighted by Crippen LogP contribution is -2.81. The topological polar surface area (TPSA) is 186 Å². The Hall–Kier alpha value is -3.16. The normalized spacial score (nSPS) is 37.6. The number of esters is 3. The molecule has 1 aromatic carbocycles. The summed E-state index contributed by atoms with van der Waals surface area (Å²) in [6.45, 7) is 11.9. The van der Waals surface area contributed by atoms with Gasteiger partial charge in [-0.3, -0.25) is 14.4 Å². The second-order valence-electron chi connectivity index (χ2n) is 13.9. The van der Waals surface area contributed by atoms with Crippen molar-refractivity contribution in [1.82, 2.24) is 0 Å². The van der Waals surface area contributed by atoms with Crippen LogP contribution < -0.4 is 0 Å². The van der Waals surface area contributed by atoms with Crippen LogP contribution in [0.25, 0.3) is 0 Å². The maximum absolute atomic E-state index is 14.8. The molecule has 0 unspecified atom stereocenters. The summed E-state index contributed by atoms with van der Waals surface area (Å²) in [4.78, 5) is 53.4. The number of hydrogen-bond donors (Lipinski definition) is 4. The number of hydrogen-bond acceptors (Lipinski definition) is 12. The Morgan fingerprint density at radius 2 is 1.59 bits per heavy atom. The predicted octanol–water partition coefficient (Wildman–Crippen LogP) is 2.04. The fourth-order valence-electron chi connectivity index (χ4n) is 7.91. The molecule has 12 heteroatoms. The van der Waals surface area contributed by atoms with E-state index in [1.807, 2.05) is 0 Å². The van der Waals surface area contributed by atoms with E-state index in [-0.39, 0.29) is 36.7 Å². The lowest BCUT2D eigenvalue weighted by molar-refractivity contribution is -0.345. The van der Waals surface area contributed by atoms with Crippen molar-refractivity contribution >= 4 is 23.7 Å². The molecule has 0 radical (unpaired) electrons. The van der Waals surface area contributed by atoms with Gasteiger partial charge in [-0.2, -0.15) is 0 Å². The van der Waals surface area contributed by atoms with Gasteiger partial charge in [-0.25, -0.2) is 4.79 Å². The molecular formula is C34H46O12. The lowest BCUT2D eigenvalue weighted by Gasteiger charge is -2.67. The smallest absolute Gasteiger partial charge is 0.338 e. The fraction of sp³-hybridized carbons (Fsp3) is 0.647. The first-order valence-electron chi connectivity index (χ1n) is 15.5. The molecule has 0 spiro atoms. The maximum Gasteiger partial charge on any atom is 0.338 e. The van der Waals surface area contributed by atoms with Gasteiger partial charge in [0, 0.05) is 38.2 Å². The number of carbonyl (C=O) groups is 4. The van der Waals surface area contributed by atoms with Crippen molar-refractivity contribution in [3.63, 3.8) is 0 Å². The summed E-state index contributed by atoms with van der Waals surface area (Å²) >= 11 is 0. The number of benzene rings is 1. The molecule has 0 aromatic heterocycles. The number of Topliss-reactive ketones (excluding diaryl/α,β-unsaturated/α-hetero) is 1. The molecule has 1 heterocycles. The number of rotatable bonds is 4. The Labute approximate surface area is 268 Å². The lowest BCUT2D eigenvalue weighted by atomic mass is 9.44. The summed E-state index contributed by atoms with van der Waals surface area (Å²) in [6, 6.07) is 8.05. The van der Waals surface area contributed by atoms with Crippen LogP contribution in [-0.4, -0.2) is 98.6 Å². The molecule has 1 saturated heterocycles. The molecule has 46 heavy (non-hydrogen) atoms. The summed E-state index contributed by atoms with van der Waals surface area (Å²) in [5.74, 6) is -4.41. The van der Waals surface area contributed by atoms with E-state index >= 15 is 0 Å². The molecule has 2 bridgehead atoms. The molecule has 4 N–H and O–H groups in total. The van der Waals surface area contributed by atoms with E-state index in [4.69, 9.17) is 24.1 Å². The summed E-state index contributed by atoms with van der Waals surface area (Å²) in [6.07, 6.45) is -7.43. The highest BCUT2D eigenvalue weighted by Gasteiger charge is 2.78. The molecule has 0 amide bonds. The molecule has 4 aliphatic rings. The quantitative estimate of drug-likeness (QED) is 0.212. The number of ketones is 1. The van der Waals surface area contributed by atoms with E-state index in [0.29, 0.717) is 5.57 Å². The molecule has 5 rings (SSSR count). The zero-order valence-corrected chi connectivity index (χ0v) is 27.6. The highest BCUT2D eigenvalue weighted by Crippen LogP contribution is 2.64. The molecule has 2 saturated carbocycles. The van der Waals surface area contributed by atoms with E-state index in [9.17, 15) is 34.5 Å². The molecule has 3 aliphatic carbocycles. The summed E-state index contributed by atoms with van der Waals surface area (Å²) in [7, 11) is 0. The molecular weight excluding hydrogens is 600 g/mol. The summed E-state index contributed by atoms with van der Waals surface area (Å²) < 4.78 is 23.5. The van der Waals surface area contributed by atoms with Crippen LogP contribution in [0.1, 0.15) is 78.6 Å². The van der Waals surface area contributed by atoms with Crippen molar-refractivity contribution in [3.05, 3.63) is 47.0 Å². The highest BCUT2D eigenvalue weighted by molar-refractivity contribution is 5.95. The monoisotopic (exact) mass is 646 g/mol. The van der Waals surface area contributed by atoms with Gasteiger partial charge >= 0.3 is 17.9 Å². The van der Waals surface area contributed by atoms with E-state index in [1.54, 1.807) is 52.8 Å². The fourth-order valence-corrected chi connectivity index (χ4v) is 7.91. The summed E-state index contributed by atoms with van der Waals surface area (Å²) in [5.41, 5.74) is -6.38. The Morgan fingerprint density at radius 3 is 2.09 bits per heavy atom. The third-order valence-corrected chi connectivity index (χ3v) is 10.2. The average Bonchev–Trinajstić information content (AvgIpc) is 2.94. The number of aliphatic hydroxyl groups excluding tert-OH is 3. The Kier molecular flexibility index (Phi) is 9.67. The van der Waals surface area contributed by atoms with Crippen LogP contribution in [0.3, 0.4) is 0 Å². The van der Waals surface area contributed by atoms with Crippen LogP contribution in [-0.2, 0) is 33.3 Å². The van der Waals surface area contributed by atoms with Gasteiger partial charge in [-0.15, -0.1) is 0 Å². The Morgan fingerprint density at radius 1 is 1.00 bits per heavy atom. The van der Waals surface area contributed by atoms with Crippen molar-refractivity contribution in [2.75, 3.05) is 6.61 Å². The van der Waals surface area contributed by atoms with Crippen LogP contribution >= 0.6 is 0 Å². The van der Waals surface area contributed by atoms with Gasteiger partial charge in [0.1, 0.15) is 17.8 Å². The largest absolute Gasteiger partial charge is 0.455 e. The van der Waals surface area contributed by atoms with Gasteiger partial charge in [0.2, 0.25) is 0 Å². The van der Waals surface area contributed by atoms with Crippen LogP contribution in [0.5, 0.6) is 0 Å². The van der Waals surface area contributed by atoms with Crippen LogP contribution in [0.4, 0.5) is 0 Å². The van der Waals surface area contributed by atoms with Crippen LogP contribution in [0.15, 0.2) is 41.5 Å². The Balaban J connectivity index is 0.00000113. The molecule has 9 atom stereocenters. The van der Waals surface area contributed by atoms with E-state index in [1.165, 1.54) is 26.0 Å². The van der Waals surface area contributed by atoms with Crippen molar-refractivity contribution < 1.29 is 58.6 Å². The predicted molar refractivity (Wildman–Crippen MR) is 162 cm³/mol. The molecule has 12 nitrogen and oxygen atoms in total. The zero-order valence-electron chi connectivity index (χ0n) is 27.6. The van der Waals surface area contributed by atoms with Crippen molar-refractivity contribution in [2.24, 2.45) is 16.7 Å². The van der Waals surface area contributed by atoms with E-state index < -0.39 is 82.2 Å². The molecule has 1 aliphatic heterocycles. The minimum absolute atomic E-state index is 0.110. The number of aliphatic hydroxyl groups is 4. The Bertz CT molecular complexity index is 1400. The van der Waals surface area contributed by atoms with Gasteiger partial charge in [-0.1, -0.05) is 32.0 Å². The number of ether oxygens (including phenoxy) is 4. The van der Waals surface area contributed by atoms with Crippen LogP contribution in [0.2, 0.25) is 0 Å². The van der Waals surface area contributed by atoms with Crippen LogP contribution in [0, 0.1) is 16.7 Å². The third kappa shape index (κ3) is 5.57. The van der Waals surface area contributed by atoms with Gasteiger partial charge in [0.05, 0.1) is 35.7 Å². The molecule has 1 aromatic rings. The molecule has 3 fully saturated rings. The second-order valence-corrected chi connectivity index (χ2v) is 13.9. The minimum atomic E-state index is -2.11.